The van der Waals surface area contributed by atoms with Crippen molar-refractivity contribution < 1.29 is 14.5 Å². The molecule has 3 rings (SSSR count). The average Bonchev–Trinajstić information content (AvgIpc) is 2.69. The number of amides is 1. The molecule has 6 nitrogen and oxygen atoms in total. The molecule has 0 radical (unpaired) electrons. The van der Waals surface area contributed by atoms with E-state index in [4.69, 9.17) is 4.74 Å². The topological polar surface area (TPSA) is 81.5 Å². The van der Waals surface area contributed by atoms with Gasteiger partial charge >= 0.3 is 0 Å². The van der Waals surface area contributed by atoms with Gasteiger partial charge in [-0.2, -0.15) is 0 Å². The summed E-state index contributed by atoms with van der Waals surface area (Å²) >= 11 is 0. The fraction of sp³-hybridized carbons (Fsp3) is 0.435. The summed E-state index contributed by atoms with van der Waals surface area (Å²) in [6.45, 7) is 6.36. The van der Waals surface area contributed by atoms with Gasteiger partial charge in [0.05, 0.1) is 22.8 Å². The van der Waals surface area contributed by atoms with Gasteiger partial charge in [0.1, 0.15) is 5.75 Å². The third-order valence-electron chi connectivity index (χ3n) is 5.28. The predicted molar refractivity (Wildman–Crippen MR) is 114 cm³/mol. The van der Waals surface area contributed by atoms with Gasteiger partial charge in [0.25, 0.3) is 11.6 Å². The molecule has 0 bridgehead atoms. The summed E-state index contributed by atoms with van der Waals surface area (Å²) in [5, 5.41) is 14.0. The van der Waals surface area contributed by atoms with Crippen molar-refractivity contribution in [1.29, 1.82) is 0 Å². The molecule has 29 heavy (non-hydrogen) atoms. The standard InChI is InChI=1S/C23H28N2O4/c1-23(2,3)17-11-9-16(10-12-17)22(26)24-20-14-13-18(25(27)28)15-21(20)29-19-7-5-4-6-8-19/h9-15,19H,4-8H2,1-3H3,(H,24,26). The summed E-state index contributed by atoms with van der Waals surface area (Å²) < 4.78 is 6.06. The van der Waals surface area contributed by atoms with Crippen molar-refractivity contribution in [1.82, 2.24) is 0 Å². The zero-order valence-corrected chi connectivity index (χ0v) is 17.2. The van der Waals surface area contributed by atoms with Crippen LogP contribution in [0.1, 0.15) is 68.8 Å². The number of rotatable bonds is 5. The lowest BCUT2D eigenvalue weighted by Crippen LogP contribution is -2.21. The quantitative estimate of drug-likeness (QED) is 0.507. The smallest absolute Gasteiger partial charge is 0.273 e. The van der Waals surface area contributed by atoms with Gasteiger partial charge in [-0.3, -0.25) is 14.9 Å². The van der Waals surface area contributed by atoms with Gasteiger partial charge in [-0.15, -0.1) is 0 Å². The second-order valence-corrected chi connectivity index (χ2v) is 8.60. The molecule has 0 heterocycles. The van der Waals surface area contributed by atoms with Crippen LogP contribution < -0.4 is 10.1 Å². The first-order chi connectivity index (χ1) is 13.7. The molecule has 0 atom stereocenters. The number of anilines is 1. The highest BCUT2D eigenvalue weighted by molar-refractivity contribution is 6.05. The van der Waals surface area contributed by atoms with Crippen molar-refractivity contribution in [2.45, 2.75) is 64.4 Å². The number of nitro benzene ring substituents is 1. The molecule has 2 aromatic rings. The van der Waals surface area contributed by atoms with E-state index in [1.807, 2.05) is 12.1 Å². The van der Waals surface area contributed by atoms with Gasteiger partial charge in [-0.1, -0.05) is 39.3 Å². The van der Waals surface area contributed by atoms with E-state index < -0.39 is 4.92 Å². The van der Waals surface area contributed by atoms with E-state index >= 15 is 0 Å². The number of ether oxygens (including phenoxy) is 1. The van der Waals surface area contributed by atoms with E-state index in [0.717, 1.165) is 31.2 Å². The van der Waals surface area contributed by atoms with Gasteiger partial charge in [0.2, 0.25) is 0 Å². The molecule has 1 fully saturated rings. The van der Waals surface area contributed by atoms with Crippen LogP contribution in [0.3, 0.4) is 0 Å². The van der Waals surface area contributed by atoms with Gasteiger partial charge in [-0.25, -0.2) is 0 Å². The fourth-order valence-electron chi connectivity index (χ4n) is 3.50. The number of benzene rings is 2. The number of nitrogens with zero attached hydrogens (tertiary/aromatic N) is 1. The number of nitro groups is 1. The highest BCUT2D eigenvalue weighted by atomic mass is 16.6. The molecule has 1 aliphatic carbocycles. The molecule has 0 spiro atoms. The Morgan fingerprint density at radius 2 is 1.72 bits per heavy atom. The molecule has 6 heteroatoms. The highest BCUT2D eigenvalue weighted by Gasteiger charge is 2.20. The van der Waals surface area contributed by atoms with E-state index in [0.29, 0.717) is 17.0 Å². The van der Waals surface area contributed by atoms with Crippen LogP contribution in [0.25, 0.3) is 0 Å². The molecule has 0 aromatic heterocycles. The molecule has 1 amide bonds. The zero-order chi connectivity index (χ0) is 21.0. The van der Waals surface area contributed by atoms with E-state index in [-0.39, 0.29) is 23.1 Å². The molecule has 0 unspecified atom stereocenters. The summed E-state index contributed by atoms with van der Waals surface area (Å²) in [6, 6.07) is 11.8. The Bertz CT molecular complexity index is 879. The summed E-state index contributed by atoms with van der Waals surface area (Å²) in [7, 11) is 0. The van der Waals surface area contributed by atoms with Crippen molar-refractivity contribution in [2.24, 2.45) is 0 Å². The normalized spacial score (nSPS) is 15.0. The summed E-state index contributed by atoms with van der Waals surface area (Å²) in [4.78, 5) is 23.5. The minimum Gasteiger partial charge on any atom is -0.488 e. The van der Waals surface area contributed by atoms with Crippen molar-refractivity contribution in [3.05, 3.63) is 63.7 Å². The van der Waals surface area contributed by atoms with Crippen molar-refractivity contribution in [3.8, 4) is 5.75 Å². The maximum atomic E-state index is 12.7. The molecule has 0 saturated heterocycles. The number of nitrogens with one attached hydrogen (secondary N) is 1. The maximum absolute atomic E-state index is 12.7. The van der Waals surface area contributed by atoms with E-state index in [1.165, 1.54) is 24.6 Å². The van der Waals surface area contributed by atoms with E-state index in [1.54, 1.807) is 12.1 Å². The van der Waals surface area contributed by atoms with E-state index in [9.17, 15) is 14.9 Å². The largest absolute Gasteiger partial charge is 0.488 e. The van der Waals surface area contributed by atoms with Crippen LogP contribution in [0, 0.1) is 10.1 Å². The van der Waals surface area contributed by atoms with Crippen LogP contribution in [0.5, 0.6) is 5.75 Å². The molecular formula is C23H28N2O4. The Labute approximate surface area is 171 Å². The first-order valence-electron chi connectivity index (χ1n) is 10.1. The van der Waals surface area contributed by atoms with Crippen LogP contribution in [0.4, 0.5) is 11.4 Å². The van der Waals surface area contributed by atoms with Crippen LogP contribution in [-0.2, 0) is 5.41 Å². The molecular weight excluding hydrogens is 368 g/mol. The molecule has 154 valence electrons. The lowest BCUT2D eigenvalue weighted by molar-refractivity contribution is -0.384. The SMILES string of the molecule is CC(C)(C)c1ccc(C(=O)Nc2ccc([N+](=O)[O-])cc2OC2CCCCC2)cc1. The van der Waals surface area contributed by atoms with Crippen molar-refractivity contribution in [3.63, 3.8) is 0 Å². The average molecular weight is 396 g/mol. The molecule has 1 N–H and O–H groups in total. The maximum Gasteiger partial charge on any atom is 0.273 e. The number of hydrogen-bond acceptors (Lipinski definition) is 4. The first-order valence-corrected chi connectivity index (χ1v) is 10.1. The summed E-state index contributed by atoms with van der Waals surface area (Å²) in [5.41, 5.74) is 2.08. The van der Waals surface area contributed by atoms with Gasteiger partial charge < -0.3 is 10.1 Å². The lowest BCUT2D eigenvalue weighted by Gasteiger charge is -2.24. The van der Waals surface area contributed by atoms with Crippen molar-refractivity contribution in [2.75, 3.05) is 5.32 Å². The van der Waals surface area contributed by atoms with Crippen LogP contribution in [-0.4, -0.2) is 16.9 Å². The first kappa shape index (κ1) is 20.8. The Hall–Kier alpha value is -2.89. The summed E-state index contributed by atoms with van der Waals surface area (Å²) in [6.07, 6.45) is 5.22. The zero-order valence-electron chi connectivity index (χ0n) is 17.2. The molecule has 2 aromatic carbocycles. The lowest BCUT2D eigenvalue weighted by atomic mass is 9.87. The number of carbonyl (C=O) groups is 1. The van der Waals surface area contributed by atoms with Crippen LogP contribution in [0.15, 0.2) is 42.5 Å². The van der Waals surface area contributed by atoms with E-state index in [2.05, 4.69) is 26.1 Å². The van der Waals surface area contributed by atoms with Gasteiger partial charge in [0.15, 0.2) is 0 Å². The summed E-state index contributed by atoms with van der Waals surface area (Å²) in [5.74, 6) is 0.0820. The van der Waals surface area contributed by atoms with Crippen molar-refractivity contribution >= 4 is 17.3 Å². The third kappa shape index (κ3) is 5.34. The van der Waals surface area contributed by atoms with Crippen LogP contribution in [0.2, 0.25) is 0 Å². The molecule has 1 saturated carbocycles. The molecule has 0 aliphatic heterocycles. The highest BCUT2D eigenvalue weighted by Crippen LogP contribution is 2.33. The number of non-ortho nitro benzene ring substituents is 1. The van der Waals surface area contributed by atoms with Crippen LogP contribution >= 0.6 is 0 Å². The molecule has 1 aliphatic rings. The predicted octanol–water partition coefficient (Wildman–Crippen LogP) is 5.86. The number of carbonyl (C=O) groups excluding carboxylic acids is 1. The number of hydrogen-bond donors (Lipinski definition) is 1. The minimum absolute atomic E-state index is 0.00831. The second kappa shape index (κ2) is 8.64. The Balaban J connectivity index is 1.81. The monoisotopic (exact) mass is 396 g/mol. The Morgan fingerprint density at radius 3 is 2.31 bits per heavy atom. The third-order valence-corrected chi connectivity index (χ3v) is 5.28. The Kier molecular flexibility index (Phi) is 6.20. The minimum atomic E-state index is -0.454. The van der Waals surface area contributed by atoms with Gasteiger partial charge in [-0.05, 0) is 54.9 Å². The van der Waals surface area contributed by atoms with Gasteiger partial charge in [0, 0.05) is 11.6 Å². The Morgan fingerprint density at radius 1 is 1.07 bits per heavy atom. The second-order valence-electron chi connectivity index (χ2n) is 8.60. The fourth-order valence-corrected chi connectivity index (χ4v) is 3.50.